The quantitative estimate of drug-likeness (QED) is 0.755. The molecule has 0 fully saturated rings. The summed E-state index contributed by atoms with van der Waals surface area (Å²) >= 11 is 5.85. The van der Waals surface area contributed by atoms with Gasteiger partial charge in [0.15, 0.2) is 5.58 Å². The minimum absolute atomic E-state index is 0.290. The third-order valence-electron chi connectivity index (χ3n) is 3.03. The van der Waals surface area contributed by atoms with Crippen LogP contribution in [0.3, 0.4) is 0 Å². The Morgan fingerprint density at radius 3 is 2.53 bits per heavy atom. The van der Waals surface area contributed by atoms with Crippen molar-refractivity contribution in [3.63, 3.8) is 0 Å². The lowest BCUT2D eigenvalue weighted by Crippen LogP contribution is -2.11. The number of fused-ring (bicyclic) bond motifs is 1. The summed E-state index contributed by atoms with van der Waals surface area (Å²) in [5.74, 6) is -0.466. The van der Waals surface area contributed by atoms with Gasteiger partial charge in [0.1, 0.15) is 0 Å². The molecule has 4 nitrogen and oxygen atoms in total. The van der Waals surface area contributed by atoms with Crippen molar-refractivity contribution in [2.75, 3.05) is 0 Å². The third-order valence-corrected chi connectivity index (χ3v) is 3.29. The normalized spacial score (nSPS) is 12.7. The molecule has 0 saturated heterocycles. The minimum Gasteiger partial charge on any atom is -0.408 e. The molecule has 0 bridgehead atoms. The van der Waals surface area contributed by atoms with Gasteiger partial charge < -0.3 is 10.2 Å². The number of aromatic amines is 1. The molecule has 1 heterocycles. The van der Waals surface area contributed by atoms with E-state index in [9.17, 15) is 4.79 Å². The van der Waals surface area contributed by atoms with E-state index < -0.39 is 5.76 Å². The number of H-pyrrole nitrogens is 1. The molecule has 3 aromatic rings. The molecule has 3 N–H and O–H groups in total. The number of aromatic nitrogens is 1. The van der Waals surface area contributed by atoms with E-state index in [1.54, 1.807) is 24.3 Å². The summed E-state index contributed by atoms with van der Waals surface area (Å²) in [5, 5.41) is 0.669. The molecule has 0 aliphatic carbocycles. The fourth-order valence-electron chi connectivity index (χ4n) is 2.02. The lowest BCUT2D eigenvalue weighted by Gasteiger charge is -2.12. The number of nitrogens with one attached hydrogen (secondary N) is 1. The van der Waals surface area contributed by atoms with Gasteiger partial charge in [0.25, 0.3) is 0 Å². The van der Waals surface area contributed by atoms with Gasteiger partial charge in [0.2, 0.25) is 0 Å². The highest BCUT2D eigenvalue weighted by molar-refractivity contribution is 6.30. The van der Waals surface area contributed by atoms with Crippen molar-refractivity contribution in [1.29, 1.82) is 0 Å². The fraction of sp³-hybridized carbons (Fsp3) is 0.0714. The van der Waals surface area contributed by atoms with Crippen LogP contribution in [-0.4, -0.2) is 4.98 Å². The second-order valence-electron chi connectivity index (χ2n) is 4.30. The number of nitrogens with two attached hydrogens (primary N) is 1. The molecule has 5 heteroatoms. The van der Waals surface area contributed by atoms with Gasteiger partial charge >= 0.3 is 5.76 Å². The predicted molar refractivity (Wildman–Crippen MR) is 74.3 cm³/mol. The zero-order valence-corrected chi connectivity index (χ0v) is 10.6. The highest BCUT2D eigenvalue weighted by atomic mass is 35.5. The molecule has 0 aliphatic heterocycles. The third kappa shape index (κ3) is 2.28. The summed E-state index contributed by atoms with van der Waals surface area (Å²) in [6, 6.07) is 12.5. The van der Waals surface area contributed by atoms with Crippen LogP contribution in [0.25, 0.3) is 11.1 Å². The molecule has 96 valence electrons. The van der Waals surface area contributed by atoms with Crippen molar-refractivity contribution in [1.82, 2.24) is 4.98 Å². The number of hydrogen-bond acceptors (Lipinski definition) is 3. The average Bonchev–Trinajstić information content (AvgIpc) is 2.77. The van der Waals surface area contributed by atoms with Crippen LogP contribution in [0.2, 0.25) is 5.02 Å². The molecular weight excluding hydrogens is 264 g/mol. The summed E-state index contributed by atoms with van der Waals surface area (Å²) in [6.45, 7) is 0. The van der Waals surface area contributed by atoms with E-state index in [2.05, 4.69) is 4.98 Å². The molecule has 1 aromatic heterocycles. The zero-order chi connectivity index (χ0) is 13.4. The molecule has 2 aromatic carbocycles. The SMILES string of the molecule is NC(c1ccc(Cl)cc1)c1ccc2[nH]c(=O)oc2c1. The van der Waals surface area contributed by atoms with E-state index in [1.807, 2.05) is 18.2 Å². The number of rotatable bonds is 2. The van der Waals surface area contributed by atoms with E-state index in [1.165, 1.54) is 0 Å². The highest BCUT2D eigenvalue weighted by Crippen LogP contribution is 2.23. The highest BCUT2D eigenvalue weighted by Gasteiger charge is 2.11. The number of oxazole rings is 1. The monoisotopic (exact) mass is 274 g/mol. The Morgan fingerprint density at radius 2 is 1.79 bits per heavy atom. The van der Waals surface area contributed by atoms with Gasteiger partial charge in [-0.3, -0.25) is 4.98 Å². The molecule has 0 spiro atoms. The van der Waals surface area contributed by atoms with Crippen molar-refractivity contribution >= 4 is 22.7 Å². The summed E-state index contributed by atoms with van der Waals surface area (Å²) in [4.78, 5) is 13.7. The van der Waals surface area contributed by atoms with Gasteiger partial charge in [-0.2, -0.15) is 0 Å². The van der Waals surface area contributed by atoms with Crippen LogP contribution in [0.4, 0.5) is 0 Å². The Hall–Kier alpha value is -2.04. The van der Waals surface area contributed by atoms with Gasteiger partial charge in [-0.05, 0) is 35.4 Å². The largest absolute Gasteiger partial charge is 0.417 e. The summed E-state index contributed by atoms with van der Waals surface area (Å²) < 4.78 is 5.03. The standard InChI is InChI=1S/C14H11ClN2O2/c15-10-4-1-8(2-5-10)13(16)9-3-6-11-12(7-9)19-14(18)17-11/h1-7,13H,16H2,(H,17,18). The predicted octanol–water partition coefficient (Wildman–Crippen LogP) is 2.82. The van der Waals surface area contributed by atoms with Crippen LogP contribution < -0.4 is 11.5 Å². The maximum Gasteiger partial charge on any atom is 0.417 e. The molecule has 0 aliphatic rings. The van der Waals surface area contributed by atoms with Crippen molar-refractivity contribution in [2.24, 2.45) is 5.73 Å². The first kappa shape index (κ1) is 12.0. The van der Waals surface area contributed by atoms with Crippen LogP contribution in [0.1, 0.15) is 17.2 Å². The molecule has 1 atom stereocenters. The van der Waals surface area contributed by atoms with E-state index in [0.29, 0.717) is 16.1 Å². The lowest BCUT2D eigenvalue weighted by molar-refractivity contribution is 0.555. The molecule has 0 amide bonds. The van der Waals surface area contributed by atoms with Crippen LogP contribution in [-0.2, 0) is 0 Å². The Labute approximate surface area is 113 Å². The van der Waals surface area contributed by atoms with Crippen molar-refractivity contribution in [3.05, 3.63) is 69.2 Å². The van der Waals surface area contributed by atoms with Crippen LogP contribution in [0, 0.1) is 0 Å². The van der Waals surface area contributed by atoms with Crippen molar-refractivity contribution < 1.29 is 4.42 Å². The van der Waals surface area contributed by atoms with Gasteiger partial charge in [-0.1, -0.05) is 29.8 Å². The maximum atomic E-state index is 11.1. The van der Waals surface area contributed by atoms with Crippen molar-refractivity contribution in [3.8, 4) is 0 Å². The smallest absolute Gasteiger partial charge is 0.408 e. The minimum atomic E-state index is -0.466. The first-order valence-electron chi connectivity index (χ1n) is 5.77. The zero-order valence-electron chi connectivity index (χ0n) is 9.89. The van der Waals surface area contributed by atoms with E-state index in [0.717, 1.165) is 11.1 Å². The Morgan fingerprint density at radius 1 is 1.11 bits per heavy atom. The average molecular weight is 275 g/mol. The molecule has 0 saturated carbocycles. The molecule has 0 radical (unpaired) electrons. The van der Waals surface area contributed by atoms with Gasteiger partial charge in [-0.15, -0.1) is 0 Å². The fourth-order valence-corrected chi connectivity index (χ4v) is 2.14. The summed E-state index contributed by atoms with van der Waals surface area (Å²) in [5.41, 5.74) is 9.18. The number of benzene rings is 2. The van der Waals surface area contributed by atoms with Crippen LogP contribution >= 0.6 is 11.6 Å². The van der Waals surface area contributed by atoms with E-state index in [-0.39, 0.29) is 6.04 Å². The Bertz CT molecular complexity index is 774. The summed E-state index contributed by atoms with van der Waals surface area (Å²) in [7, 11) is 0. The van der Waals surface area contributed by atoms with Crippen LogP contribution in [0.5, 0.6) is 0 Å². The van der Waals surface area contributed by atoms with Gasteiger partial charge in [0, 0.05) is 5.02 Å². The molecule has 3 rings (SSSR count). The number of halogens is 1. The maximum absolute atomic E-state index is 11.1. The van der Waals surface area contributed by atoms with Crippen molar-refractivity contribution in [2.45, 2.75) is 6.04 Å². The second kappa shape index (κ2) is 4.57. The van der Waals surface area contributed by atoms with Gasteiger partial charge in [0.05, 0.1) is 11.6 Å². The van der Waals surface area contributed by atoms with Gasteiger partial charge in [-0.25, -0.2) is 4.79 Å². The lowest BCUT2D eigenvalue weighted by atomic mass is 9.99. The molecular formula is C14H11ClN2O2. The Balaban J connectivity index is 2.03. The first-order valence-corrected chi connectivity index (χ1v) is 6.15. The first-order chi connectivity index (χ1) is 9.13. The number of hydrogen-bond donors (Lipinski definition) is 2. The second-order valence-corrected chi connectivity index (χ2v) is 4.74. The Kier molecular flexibility index (Phi) is 2.89. The van der Waals surface area contributed by atoms with Crippen LogP contribution in [0.15, 0.2) is 51.7 Å². The van der Waals surface area contributed by atoms with E-state index >= 15 is 0 Å². The van der Waals surface area contributed by atoms with E-state index in [4.69, 9.17) is 21.8 Å². The molecule has 1 unspecified atom stereocenters. The molecule has 19 heavy (non-hydrogen) atoms. The topological polar surface area (TPSA) is 72.0 Å². The summed E-state index contributed by atoms with van der Waals surface area (Å²) in [6.07, 6.45) is 0.